The number of piperidine rings is 3. The minimum absolute atomic E-state index is 0.0109. The van der Waals surface area contributed by atoms with Crippen molar-refractivity contribution in [1.29, 1.82) is 0 Å². The molecular formula is C17H20FN3O. The molecule has 4 heterocycles. The standard InChI is InChI=1S/C17H20FN3O/c1-2-14(22)21-16(12-4-3-5-13(18)10-12)17-15(19-21)11-6-8-20(17)9-7-11/h3-5,10-11,16-17H,2,6-9H2,1H3/t16-,17-/m1/s1. The van der Waals surface area contributed by atoms with E-state index in [1.165, 1.54) is 6.07 Å². The minimum Gasteiger partial charge on any atom is -0.293 e. The van der Waals surface area contributed by atoms with Crippen LogP contribution in [0.5, 0.6) is 0 Å². The number of benzene rings is 1. The molecule has 1 aromatic carbocycles. The highest BCUT2D eigenvalue weighted by molar-refractivity contribution is 5.97. The molecule has 3 saturated heterocycles. The van der Waals surface area contributed by atoms with E-state index in [4.69, 9.17) is 0 Å². The molecule has 116 valence electrons. The van der Waals surface area contributed by atoms with Crippen LogP contribution in [-0.2, 0) is 4.79 Å². The second-order valence-corrected chi connectivity index (χ2v) is 6.37. The Balaban J connectivity index is 1.78. The molecular weight excluding hydrogens is 281 g/mol. The Bertz CT molecular complexity index is 637. The number of carbonyl (C=O) groups excluding carboxylic acids is 1. The van der Waals surface area contributed by atoms with Crippen molar-refractivity contribution >= 4 is 11.6 Å². The van der Waals surface area contributed by atoms with E-state index >= 15 is 0 Å². The van der Waals surface area contributed by atoms with Crippen molar-refractivity contribution in [1.82, 2.24) is 9.91 Å². The Labute approximate surface area is 129 Å². The maximum atomic E-state index is 13.7. The zero-order valence-corrected chi connectivity index (χ0v) is 12.7. The quantitative estimate of drug-likeness (QED) is 0.841. The van der Waals surface area contributed by atoms with Gasteiger partial charge in [0.2, 0.25) is 5.91 Å². The highest BCUT2D eigenvalue weighted by Gasteiger charge is 2.50. The lowest BCUT2D eigenvalue weighted by molar-refractivity contribution is -0.133. The van der Waals surface area contributed by atoms with Crippen LogP contribution in [0.1, 0.15) is 37.8 Å². The second-order valence-electron chi connectivity index (χ2n) is 6.37. The fourth-order valence-electron chi connectivity index (χ4n) is 4.11. The van der Waals surface area contributed by atoms with Crippen LogP contribution in [-0.4, -0.2) is 40.7 Å². The van der Waals surface area contributed by atoms with E-state index in [0.717, 1.165) is 37.2 Å². The monoisotopic (exact) mass is 301 g/mol. The summed E-state index contributed by atoms with van der Waals surface area (Å²) < 4.78 is 13.7. The van der Waals surface area contributed by atoms with Crippen LogP contribution in [0, 0.1) is 11.7 Å². The molecule has 1 amide bonds. The number of halogens is 1. The summed E-state index contributed by atoms with van der Waals surface area (Å²) in [4.78, 5) is 14.8. The largest absolute Gasteiger partial charge is 0.293 e. The molecule has 0 N–H and O–H groups in total. The molecule has 4 nitrogen and oxygen atoms in total. The highest BCUT2D eigenvalue weighted by Crippen LogP contribution is 2.43. The van der Waals surface area contributed by atoms with Gasteiger partial charge in [-0.25, -0.2) is 9.40 Å². The molecule has 0 unspecified atom stereocenters. The third-order valence-electron chi connectivity index (χ3n) is 5.18. The summed E-state index contributed by atoms with van der Waals surface area (Å²) in [7, 11) is 0. The van der Waals surface area contributed by atoms with Crippen molar-refractivity contribution in [2.75, 3.05) is 13.1 Å². The molecule has 1 aromatic rings. The molecule has 3 fully saturated rings. The van der Waals surface area contributed by atoms with Crippen LogP contribution < -0.4 is 0 Å². The molecule has 0 spiro atoms. The number of carbonyl (C=O) groups is 1. The minimum atomic E-state index is -0.259. The first-order chi connectivity index (χ1) is 10.7. The fourth-order valence-corrected chi connectivity index (χ4v) is 4.11. The third-order valence-corrected chi connectivity index (χ3v) is 5.18. The van der Waals surface area contributed by atoms with Gasteiger partial charge in [0.05, 0.1) is 11.8 Å². The molecule has 0 aromatic heterocycles. The van der Waals surface area contributed by atoms with E-state index in [1.54, 1.807) is 17.1 Å². The zero-order valence-electron chi connectivity index (χ0n) is 12.7. The Morgan fingerprint density at radius 1 is 1.32 bits per heavy atom. The van der Waals surface area contributed by atoms with Crippen molar-refractivity contribution in [2.45, 2.75) is 38.3 Å². The Morgan fingerprint density at radius 3 is 2.77 bits per heavy atom. The predicted octanol–water partition coefficient (Wildman–Crippen LogP) is 2.57. The van der Waals surface area contributed by atoms with Crippen molar-refractivity contribution < 1.29 is 9.18 Å². The van der Waals surface area contributed by atoms with Gasteiger partial charge in [-0.3, -0.25) is 9.69 Å². The van der Waals surface area contributed by atoms with Gasteiger partial charge in [0, 0.05) is 12.3 Å². The van der Waals surface area contributed by atoms with Crippen molar-refractivity contribution in [3.63, 3.8) is 0 Å². The number of fused-ring (bicyclic) bond motifs is 2. The number of amides is 1. The average Bonchev–Trinajstić information content (AvgIpc) is 2.97. The Kier molecular flexibility index (Phi) is 3.26. The van der Waals surface area contributed by atoms with Gasteiger partial charge in [-0.15, -0.1) is 0 Å². The number of hydrogen-bond donors (Lipinski definition) is 0. The van der Waals surface area contributed by atoms with Crippen LogP contribution in [0.4, 0.5) is 4.39 Å². The maximum absolute atomic E-state index is 13.7. The topological polar surface area (TPSA) is 35.9 Å². The number of rotatable bonds is 2. The summed E-state index contributed by atoms with van der Waals surface area (Å²) in [5, 5.41) is 6.30. The third kappa shape index (κ3) is 1.99. The molecule has 4 aliphatic rings. The summed E-state index contributed by atoms with van der Waals surface area (Å²) in [6, 6.07) is 6.56. The number of nitrogens with zero attached hydrogens (tertiary/aromatic N) is 3. The molecule has 5 rings (SSSR count). The van der Waals surface area contributed by atoms with Gasteiger partial charge in [-0.05, 0) is 43.6 Å². The average molecular weight is 301 g/mol. The van der Waals surface area contributed by atoms with Crippen LogP contribution in [0.25, 0.3) is 0 Å². The summed E-state index contributed by atoms with van der Waals surface area (Å²) in [6.45, 7) is 3.95. The van der Waals surface area contributed by atoms with Crippen LogP contribution in [0.3, 0.4) is 0 Å². The lowest BCUT2D eigenvalue weighted by Crippen LogP contribution is -2.56. The van der Waals surface area contributed by atoms with E-state index in [-0.39, 0.29) is 23.8 Å². The maximum Gasteiger partial charge on any atom is 0.243 e. The van der Waals surface area contributed by atoms with E-state index in [9.17, 15) is 9.18 Å². The summed E-state index contributed by atoms with van der Waals surface area (Å²) in [5.41, 5.74) is 1.98. The van der Waals surface area contributed by atoms with Crippen LogP contribution in [0.15, 0.2) is 29.4 Å². The molecule has 4 aliphatic heterocycles. The van der Waals surface area contributed by atoms with E-state index < -0.39 is 0 Å². The van der Waals surface area contributed by atoms with Crippen molar-refractivity contribution in [3.8, 4) is 0 Å². The van der Waals surface area contributed by atoms with Gasteiger partial charge in [0.25, 0.3) is 0 Å². The summed E-state index contributed by atoms with van der Waals surface area (Å²) in [6.07, 6.45) is 2.67. The first-order valence-electron chi connectivity index (χ1n) is 8.09. The molecule has 0 saturated carbocycles. The van der Waals surface area contributed by atoms with E-state index in [2.05, 4.69) is 10.0 Å². The normalized spacial score (nSPS) is 32.8. The van der Waals surface area contributed by atoms with Gasteiger partial charge in [-0.2, -0.15) is 5.10 Å². The van der Waals surface area contributed by atoms with Crippen LogP contribution >= 0.6 is 0 Å². The molecule has 0 radical (unpaired) electrons. The molecule has 2 bridgehead atoms. The predicted molar refractivity (Wildman–Crippen MR) is 81.8 cm³/mol. The molecule has 5 heteroatoms. The first-order valence-corrected chi connectivity index (χ1v) is 8.09. The fraction of sp³-hybridized carbons (Fsp3) is 0.529. The zero-order chi connectivity index (χ0) is 15.3. The van der Waals surface area contributed by atoms with Gasteiger partial charge in [0.1, 0.15) is 11.9 Å². The SMILES string of the molecule is CCC(=O)N1N=C2C3CCN(CC3)[C@H]2[C@H]1c1cccc(F)c1. The number of hydrogen-bond acceptors (Lipinski definition) is 3. The first kappa shape index (κ1) is 13.9. The van der Waals surface area contributed by atoms with Gasteiger partial charge < -0.3 is 0 Å². The van der Waals surface area contributed by atoms with Crippen molar-refractivity contribution in [2.24, 2.45) is 11.0 Å². The van der Waals surface area contributed by atoms with E-state index in [0.29, 0.717) is 12.3 Å². The van der Waals surface area contributed by atoms with E-state index in [1.807, 2.05) is 13.0 Å². The van der Waals surface area contributed by atoms with Crippen LogP contribution in [0.2, 0.25) is 0 Å². The second kappa shape index (κ2) is 5.16. The Hall–Kier alpha value is -1.75. The lowest BCUT2D eigenvalue weighted by atomic mass is 9.78. The van der Waals surface area contributed by atoms with Gasteiger partial charge in [-0.1, -0.05) is 19.1 Å². The van der Waals surface area contributed by atoms with Crippen molar-refractivity contribution in [3.05, 3.63) is 35.6 Å². The highest BCUT2D eigenvalue weighted by atomic mass is 19.1. The molecule has 2 atom stereocenters. The van der Waals surface area contributed by atoms with Gasteiger partial charge in [0.15, 0.2) is 0 Å². The number of hydrazone groups is 1. The van der Waals surface area contributed by atoms with Gasteiger partial charge >= 0.3 is 0 Å². The Morgan fingerprint density at radius 2 is 2.09 bits per heavy atom. The summed E-state index contributed by atoms with van der Waals surface area (Å²) in [5.74, 6) is 0.239. The smallest absolute Gasteiger partial charge is 0.243 e. The molecule has 22 heavy (non-hydrogen) atoms. The molecule has 0 aliphatic carbocycles. The lowest BCUT2D eigenvalue weighted by Gasteiger charge is -2.46. The summed E-state index contributed by atoms with van der Waals surface area (Å²) >= 11 is 0.